The first kappa shape index (κ1) is 24.7. The zero-order chi connectivity index (χ0) is 23.8. The standard InChI is InChI=1S/C25H30ClN3O4/c1-17-7-3-4-8-19(17)25(32)29-14-11-18(12-15-29)22(24(31)27-13-16-33-2)28-23(30)20-9-5-6-10-21(20)26/h3-10,18,22H,11-16H2,1-2H3,(H,27,31)(H,28,30)/t22-/m0/s1. The van der Waals surface area contributed by atoms with Gasteiger partial charge in [0.15, 0.2) is 0 Å². The topological polar surface area (TPSA) is 87.7 Å². The van der Waals surface area contributed by atoms with Crippen LogP contribution in [0.5, 0.6) is 0 Å². The number of benzene rings is 2. The molecular formula is C25H30ClN3O4. The molecule has 1 heterocycles. The number of methoxy groups -OCH3 is 1. The van der Waals surface area contributed by atoms with Gasteiger partial charge < -0.3 is 20.3 Å². The fraction of sp³-hybridized carbons (Fsp3) is 0.400. The number of hydrogen-bond acceptors (Lipinski definition) is 4. The number of hydrogen-bond donors (Lipinski definition) is 2. The number of likely N-dealkylation sites (tertiary alicyclic amines) is 1. The number of carbonyl (C=O) groups excluding carboxylic acids is 3. The van der Waals surface area contributed by atoms with Crippen LogP contribution >= 0.6 is 11.6 Å². The third kappa shape index (κ3) is 6.33. The first-order valence-corrected chi connectivity index (χ1v) is 11.5. The van der Waals surface area contributed by atoms with Gasteiger partial charge in [0.05, 0.1) is 17.2 Å². The maximum Gasteiger partial charge on any atom is 0.254 e. The van der Waals surface area contributed by atoms with Gasteiger partial charge in [-0.05, 0) is 49.4 Å². The van der Waals surface area contributed by atoms with Gasteiger partial charge in [-0.1, -0.05) is 41.9 Å². The van der Waals surface area contributed by atoms with Crippen molar-refractivity contribution in [2.24, 2.45) is 5.92 Å². The summed E-state index contributed by atoms with van der Waals surface area (Å²) < 4.78 is 5.01. The molecule has 0 aromatic heterocycles. The van der Waals surface area contributed by atoms with E-state index in [9.17, 15) is 14.4 Å². The minimum Gasteiger partial charge on any atom is -0.383 e. The van der Waals surface area contributed by atoms with Crippen molar-refractivity contribution in [1.29, 1.82) is 0 Å². The Bertz CT molecular complexity index is 989. The van der Waals surface area contributed by atoms with Gasteiger partial charge in [-0.25, -0.2) is 0 Å². The van der Waals surface area contributed by atoms with E-state index in [4.69, 9.17) is 16.3 Å². The van der Waals surface area contributed by atoms with Gasteiger partial charge in [0, 0.05) is 32.3 Å². The third-order valence-electron chi connectivity index (χ3n) is 5.97. The molecule has 3 rings (SSSR count). The van der Waals surface area contributed by atoms with Crippen molar-refractivity contribution in [1.82, 2.24) is 15.5 Å². The van der Waals surface area contributed by atoms with Crippen LogP contribution in [0.2, 0.25) is 5.02 Å². The summed E-state index contributed by atoms with van der Waals surface area (Å²) >= 11 is 6.17. The summed E-state index contributed by atoms with van der Waals surface area (Å²) in [4.78, 5) is 40.6. The first-order chi connectivity index (χ1) is 15.9. The van der Waals surface area contributed by atoms with Crippen molar-refractivity contribution in [3.63, 3.8) is 0 Å². The second kappa shape index (κ2) is 11.8. The molecule has 1 aliphatic heterocycles. The Morgan fingerprint density at radius 3 is 2.33 bits per heavy atom. The van der Waals surface area contributed by atoms with Crippen LogP contribution in [0.25, 0.3) is 0 Å². The van der Waals surface area contributed by atoms with Crippen molar-refractivity contribution >= 4 is 29.3 Å². The molecule has 0 aliphatic carbocycles. The molecule has 2 aromatic carbocycles. The number of carbonyl (C=O) groups is 3. The van der Waals surface area contributed by atoms with Crippen molar-refractivity contribution in [3.8, 4) is 0 Å². The second-order valence-electron chi connectivity index (χ2n) is 8.16. The zero-order valence-electron chi connectivity index (χ0n) is 19.0. The van der Waals surface area contributed by atoms with E-state index in [1.165, 1.54) is 0 Å². The summed E-state index contributed by atoms with van der Waals surface area (Å²) in [5, 5.41) is 6.03. The minimum absolute atomic E-state index is 0.00671. The number of aryl methyl sites for hydroxylation is 1. The highest BCUT2D eigenvalue weighted by atomic mass is 35.5. The zero-order valence-corrected chi connectivity index (χ0v) is 19.7. The first-order valence-electron chi connectivity index (χ1n) is 11.1. The SMILES string of the molecule is COCCNC(=O)[C@@H](NC(=O)c1ccccc1Cl)C1CCN(C(=O)c2ccccc2C)CC1. The lowest BCUT2D eigenvalue weighted by molar-refractivity contribution is -0.124. The Hall–Kier alpha value is -2.90. The largest absolute Gasteiger partial charge is 0.383 e. The summed E-state index contributed by atoms with van der Waals surface area (Å²) in [7, 11) is 1.56. The Morgan fingerprint density at radius 1 is 1.06 bits per heavy atom. The van der Waals surface area contributed by atoms with Gasteiger partial charge in [0.1, 0.15) is 6.04 Å². The van der Waals surface area contributed by atoms with Gasteiger partial charge in [-0.2, -0.15) is 0 Å². The number of ether oxygens (including phenoxy) is 1. The van der Waals surface area contributed by atoms with Crippen LogP contribution in [0.3, 0.4) is 0 Å². The quantitative estimate of drug-likeness (QED) is 0.579. The average molecular weight is 472 g/mol. The summed E-state index contributed by atoms with van der Waals surface area (Å²) in [6, 6.07) is 13.5. The molecule has 1 atom stereocenters. The monoisotopic (exact) mass is 471 g/mol. The lowest BCUT2D eigenvalue weighted by Crippen LogP contribution is -2.54. The molecule has 2 N–H and O–H groups in total. The predicted octanol–water partition coefficient (Wildman–Crippen LogP) is 3.06. The van der Waals surface area contributed by atoms with Crippen LogP contribution in [0.1, 0.15) is 39.1 Å². The summed E-state index contributed by atoms with van der Waals surface area (Å²) in [5.74, 6) is -0.783. The van der Waals surface area contributed by atoms with Crippen LogP contribution in [0.15, 0.2) is 48.5 Å². The van der Waals surface area contributed by atoms with E-state index in [0.29, 0.717) is 55.2 Å². The second-order valence-corrected chi connectivity index (χ2v) is 8.57. The van der Waals surface area contributed by atoms with Gasteiger partial charge in [-0.15, -0.1) is 0 Å². The van der Waals surface area contributed by atoms with Crippen LogP contribution in [-0.4, -0.2) is 62.0 Å². The molecule has 0 spiro atoms. The lowest BCUT2D eigenvalue weighted by atomic mass is 9.88. The number of amides is 3. The molecule has 2 aromatic rings. The lowest BCUT2D eigenvalue weighted by Gasteiger charge is -2.36. The van der Waals surface area contributed by atoms with Gasteiger partial charge in [0.25, 0.3) is 11.8 Å². The van der Waals surface area contributed by atoms with E-state index in [1.54, 1.807) is 31.4 Å². The molecule has 0 radical (unpaired) electrons. The number of rotatable bonds is 8. The maximum absolute atomic E-state index is 13.0. The van der Waals surface area contributed by atoms with Crippen molar-refractivity contribution in [2.45, 2.75) is 25.8 Å². The highest BCUT2D eigenvalue weighted by molar-refractivity contribution is 6.33. The van der Waals surface area contributed by atoms with Gasteiger partial charge in [0.2, 0.25) is 5.91 Å². The Morgan fingerprint density at radius 2 is 1.70 bits per heavy atom. The molecule has 0 unspecified atom stereocenters. The number of nitrogens with zero attached hydrogens (tertiary/aromatic N) is 1. The van der Waals surface area contributed by atoms with Gasteiger partial charge >= 0.3 is 0 Å². The van der Waals surface area contributed by atoms with Gasteiger partial charge in [-0.3, -0.25) is 14.4 Å². The normalized spacial score (nSPS) is 15.1. The Labute approximate surface area is 199 Å². The van der Waals surface area contributed by atoms with Crippen molar-refractivity contribution in [3.05, 3.63) is 70.2 Å². The molecule has 1 aliphatic rings. The maximum atomic E-state index is 13.0. The smallest absolute Gasteiger partial charge is 0.254 e. The molecule has 3 amide bonds. The predicted molar refractivity (Wildman–Crippen MR) is 127 cm³/mol. The van der Waals surface area contributed by atoms with Crippen LogP contribution in [-0.2, 0) is 9.53 Å². The van der Waals surface area contributed by atoms with E-state index < -0.39 is 11.9 Å². The molecule has 0 bridgehead atoms. The van der Waals surface area contributed by atoms with E-state index in [0.717, 1.165) is 5.56 Å². The number of piperidine rings is 1. The Balaban J connectivity index is 1.70. The van der Waals surface area contributed by atoms with Crippen LogP contribution in [0, 0.1) is 12.8 Å². The molecule has 7 nitrogen and oxygen atoms in total. The number of halogens is 1. The van der Waals surface area contributed by atoms with Crippen LogP contribution in [0.4, 0.5) is 0 Å². The average Bonchev–Trinajstić information content (AvgIpc) is 2.83. The number of nitrogens with one attached hydrogen (secondary N) is 2. The Kier molecular flexibility index (Phi) is 8.86. The molecule has 0 saturated carbocycles. The molecule has 176 valence electrons. The molecule has 33 heavy (non-hydrogen) atoms. The molecule has 8 heteroatoms. The summed E-state index contributed by atoms with van der Waals surface area (Å²) in [6.45, 7) is 3.67. The minimum atomic E-state index is -0.735. The van der Waals surface area contributed by atoms with Crippen LogP contribution < -0.4 is 10.6 Å². The fourth-order valence-corrected chi connectivity index (χ4v) is 4.29. The fourth-order valence-electron chi connectivity index (χ4n) is 4.07. The highest BCUT2D eigenvalue weighted by Crippen LogP contribution is 2.24. The molecular weight excluding hydrogens is 442 g/mol. The van der Waals surface area contributed by atoms with Crippen molar-refractivity contribution < 1.29 is 19.1 Å². The van der Waals surface area contributed by atoms with E-state index in [1.807, 2.05) is 36.1 Å². The highest BCUT2D eigenvalue weighted by Gasteiger charge is 2.34. The molecule has 1 fully saturated rings. The third-order valence-corrected chi connectivity index (χ3v) is 6.30. The summed E-state index contributed by atoms with van der Waals surface area (Å²) in [6.07, 6.45) is 1.20. The summed E-state index contributed by atoms with van der Waals surface area (Å²) in [5.41, 5.74) is 1.95. The van der Waals surface area contributed by atoms with E-state index >= 15 is 0 Å². The molecule has 1 saturated heterocycles. The van der Waals surface area contributed by atoms with E-state index in [2.05, 4.69) is 10.6 Å². The van der Waals surface area contributed by atoms with Crippen molar-refractivity contribution in [2.75, 3.05) is 33.4 Å². The van der Waals surface area contributed by atoms with E-state index in [-0.39, 0.29) is 17.7 Å².